The summed E-state index contributed by atoms with van der Waals surface area (Å²) in [6.07, 6.45) is 4.92. The molecule has 3 aromatic carbocycles. The molecule has 1 aliphatic carbocycles. The molecular formula is C40H45N7O3. The van der Waals surface area contributed by atoms with Crippen molar-refractivity contribution in [3.8, 4) is 12.1 Å². The fourth-order valence-corrected chi connectivity index (χ4v) is 8.42. The topological polar surface area (TPSA) is 98.1 Å². The van der Waals surface area contributed by atoms with Crippen LogP contribution in [-0.2, 0) is 24.3 Å². The van der Waals surface area contributed by atoms with E-state index in [4.69, 9.17) is 19.4 Å². The Balaban J connectivity index is 1.10. The van der Waals surface area contributed by atoms with Crippen LogP contribution in [0.15, 0.2) is 66.7 Å². The lowest BCUT2D eigenvalue weighted by molar-refractivity contribution is 0.0741. The maximum absolute atomic E-state index is 13.3. The number of rotatable bonds is 8. The van der Waals surface area contributed by atoms with E-state index in [-0.39, 0.29) is 30.8 Å². The number of aryl methyl sites for hydroxylation is 1. The van der Waals surface area contributed by atoms with Crippen LogP contribution in [0.4, 0.5) is 16.3 Å². The molecule has 8 rings (SSSR count). The van der Waals surface area contributed by atoms with Gasteiger partial charge in [0.2, 0.25) is 0 Å². The summed E-state index contributed by atoms with van der Waals surface area (Å²) in [6.45, 7) is 6.45. The van der Waals surface area contributed by atoms with Gasteiger partial charge in [0.1, 0.15) is 18.0 Å². The molecule has 2 atom stereocenters. The van der Waals surface area contributed by atoms with Crippen molar-refractivity contribution in [3.05, 3.63) is 89.1 Å². The Kier molecular flexibility index (Phi) is 8.69. The van der Waals surface area contributed by atoms with Gasteiger partial charge in [-0.3, -0.25) is 4.90 Å². The maximum Gasteiger partial charge on any atom is 0.410 e. The zero-order valence-electron chi connectivity index (χ0n) is 29.1. The lowest BCUT2D eigenvalue weighted by Gasteiger charge is -2.42. The summed E-state index contributed by atoms with van der Waals surface area (Å²) in [5.74, 6) is 0.870. The van der Waals surface area contributed by atoms with Crippen LogP contribution in [-0.4, -0.2) is 83.3 Å². The second kappa shape index (κ2) is 13.4. The second-order valence-corrected chi connectivity index (χ2v) is 14.4. The molecule has 10 heteroatoms. The number of nitriles is 1. The van der Waals surface area contributed by atoms with E-state index in [9.17, 15) is 10.1 Å². The molecule has 0 N–H and O–H groups in total. The van der Waals surface area contributed by atoms with Crippen LogP contribution in [0, 0.1) is 18.3 Å². The lowest BCUT2D eigenvalue weighted by atomic mass is 9.99. The van der Waals surface area contributed by atoms with Gasteiger partial charge in [-0.2, -0.15) is 15.2 Å². The van der Waals surface area contributed by atoms with Gasteiger partial charge in [0.25, 0.3) is 0 Å². The van der Waals surface area contributed by atoms with Crippen molar-refractivity contribution in [1.82, 2.24) is 19.8 Å². The number of carbonyl (C=O) groups excluding carboxylic acids is 1. The Labute approximate surface area is 294 Å². The van der Waals surface area contributed by atoms with E-state index in [1.165, 1.54) is 28.4 Å². The van der Waals surface area contributed by atoms with Crippen LogP contribution >= 0.6 is 0 Å². The maximum atomic E-state index is 13.3. The lowest BCUT2D eigenvalue weighted by Crippen LogP contribution is -2.56. The molecule has 50 heavy (non-hydrogen) atoms. The van der Waals surface area contributed by atoms with Crippen molar-refractivity contribution < 1.29 is 14.3 Å². The minimum atomic E-state index is -0.389. The summed E-state index contributed by atoms with van der Waals surface area (Å²) >= 11 is 0. The van der Waals surface area contributed by atoms with E-state index in [2.05, 4.69) is 71.1 Å². The van der Waals surface area contributed by atoms with E-state index < -0.39 is 0 Å². The molecule has 4 heterocycles. The van der Waals surface area contributed by atoms with Crippen molar-refractivity contribution >= 4 is 28.4 Å². The molecule has 258 valence electrons. The SMILES string of the molecule is Cc1cccc2cccc(N3CCc4c(nc(OC5([C@@H]6CCCN6C)CC5)nc4N4CCN(C(=O)OCc5ccccc5)[C@@H](CC#N)C4)C3)c12. The zero-order chi connectivity index (χ0) is 34.2. The van der Waals surface area contributed by atoms with Crippen molar-refractivity contribution in [2.75, 3.05) is 49.6 Å². The van der Waals surface area contributed by atoms with Crippen LogP contribution in [0.2, 0.25) is 0 Å². The largest absolute Gasteiger partial charge is 0.455 e. The standard InChI is InChI=1S/C40H45N7O3/c1-28-9-6-12-30-13-7-14-34(36(28)30)45-22-17-32-33(26-45)42-38(50-40(18-19-40)35-15-8-21-44(35)2)43-37(32)46-23-24-47(31(25-46)16-20-41)39(48)49-27-29-10-4-3-5-11-29/h3-7,9-14,31,35H,8,15-19,21-27H2,1-2H3/t31-,35-/m0/s1. The molecule has 4 aliphatic rings. The van der Waals surface area contributed by atoms with Gasteiger partial charge in [0.05, 0.1) is 30.8 Å². The number of ether oxygens (including phenoxy) is 2. The van der Waals surface area contributed by atoms with E-state index >= 15 is 0 Å². The van der Waals surface area contributed by atoms with Crippen molar-refractivity contribution in [1.29, 1.82) is 5.26 Å². The smallest absolute Gasteiger partial charge is 0.410 e. The van der Waals surface area contributed by atoms with E-state index in [0.717, 1.165) is 61.4 Å². The molecular weight excluding hydrogens is 626 g/mol. The first-order valence-electron chi connectivity index (χ1n) is 18.0. The Hall–Kier alpha value is -4.88. The first kappa shape index (κ1) is 32.3. The van der Waals surface area contributed by atoms with Gasteiger partial charge in [-0.15, -0.1) is 0 Å². The Morgan fingerprint density at radius 3 is 2.56 bits per heavy atom. The molecule has 2 saturated heterocycles. The second-order valence-electron chi connectivity index (χ2n) is 14.4. The molecule has 1 amide bonds. The molecule has 1 aromatic heterocycles. The fraction of sp³-hybridized carbons (Fsp3) is 0.450. The number of hydrogen-bond acceptors (Lipinski definition) is 9. The Bertz CT molecular complexity index is 1920. The van der Waals surface area contributed by atoms with Gasteiger partial charge in [-0.05, 0) is 75.2 Å². The summed E-state index contributed by atoms with van der Waals surface area (Å²) in [6, 6.07) is 25.5. The van der Waals surface area contributed by atoms with Gasteiger partial charge >= 0.3 is 12.1 Å². The minimum absolute atomic E-state index is 0.198. The number of benzene rings is 3. The number of piperazine rings is 1. The molecule has 0 spiro atoms. The number of anilines is 2. The predicted molar refractivity (Wildman–Crippen MR) is 193 cm³/mol. The fourth-order valence-electron chi connectivity index (χ4n) is 8.42. The third kappa shape index (κ3) is 6.20. The van der Waals surface area contributed by atoms with Crippen LogP contribution in [0.1, 0.15) is 54.5 Å². The summed E-state index contributed by atoms with van der Waals surface area (Å²) in [5, 5.41) is 12.3. The first-order chi connectivity index (χ1) is 24.4. The third-order valence-corrected chi connectivity index (χ3v) is 11.2. The first-order valence-corrected chi connectivity index (χ1v) is 18.0. The zero-order valence-corrected chi connectivity index (χ0v) is 29.1. The van der Waals surface area contributed by atoms with Crippen LogP contribution < -0.4 is 14.5 Å². The Morgan fingerprint density at radius 1 is 0.980 bits per heavy atom. The molecule has 3 fully saturated rings. The normalized spacial score (nSPS) is 21.5. The van der Waals surface area contributed by atoms with Crippen LogP contribution in [0.25, 0.3) is 10.8 Å². The highest BCUT2D eigenvalue weighted by molar-refractivity contribution is 5.97. The van der Waals surface area contributed by atoms with Crippen LogP contribution in [0.5, 0.6) is 6.01 Å². The number of carbonyl (C=O) groups is 1. The number of fused-ring (bicyclic) bond motifs is 2. The van der Waals surface area contributed by atoms with E-state index in [0.29, 0.717) is 38.2 Å². The van der Waals surface area contributed by atoms with Gasteiger partial charge in [-0.25, -0.2) is 4.79 Å². The van der Waals surface area contributed by atoms with Gasteiger partial charge in [0, 0.05) is 48.9 Å². The number of hydrogen-bond donors (Lipinski definition) is 0. The predicted octanol–water partition coefficient (Wildman–Crippen LogP) is 6.25. The van der Waals surface area contributed by atoms with Gasteiger partial charge in [-0.1, -0.05) is 60.7 Å². The molecule has 0 unspecified atom stereocenters. The monoisotopic (exact) mass is 671 g/mol. The van der Waals surface area contributed by atoms with E-state index in [1.807, 2.05) is 30.3 Å². The highest BCUT2D eigenvalue weighted by atomic mass is 16.6. The molecule has 4 aromatic rings. The highest BCUT2D eigenvalue weighted by Gasteiger charge is 2.55. The number of amides is 1. The third-order valence-electron chi connectivity index (χ3n) is 11.2. The summed E-state index contributed by atoms with van der Waals surface area (Å²) in [7, 11) is 2.20. The Morgan fingerprint density at radius 2 is 1.80 bits per heavy atom. The molecule has 3 aliphatic heterocycles. The summed E-state index contributed by atoms with van der Waals surface area (Å²) in [4.78, 5) is 32.5. The quantitative estimate of drug-likeness (QED) is 0.215. The number of likely N-dealkylation sites (tertiary alicyclic amines) is 1. The average Bonchev–Trinajstić information content (AvgIpc) is 3.78. The highest BCUT2D eigenvalue weighted by Crippen LogP contribution is 2.48. The van der Waals surface area contributed by atoms with Crippen molar-refractivity contribution in [2.24, 2.45) is 0 Å². The number of aromatic nitrogens is 2. The molecule has 10 nitrogen and oxygen atoms in total. The molecule has 0 bridgehead atoms. The van der Waals surface area contributed by atoms with Gasteiger partial charge < -0.3 is 24.2 Å². The van der Waals surface area contributed by atoms with Crippen molar-refractivity contribution in [2.45, 2.75) is 76.3 Å². The summed E-state index contributed by atoms with van der Waals surface area (Å²) < 4.78 is 12.6. The number of nitrogens with zero attached hydrogens (tertiary/aromatic N) is 7. The average molecular weight is 672 g/mol. The van der Waals surface area contributed by atoms with E-state index in [1.54, 1.807) is 4.90 Å². The molecule has 1 saturated carbocycles. The number of likely N-dealkylation sites (N-methyl/N-ethyl adjacent to an activating group) is 1. The molecule has 0 radical (unpaired) electrons. The van der Waals surface area contributed by atoms with Crippen LogP contribution in [0.3, 0.4) is 0 Å². The minimum Gasteiger partial charge on any atom is -0.455 e. The summed E-state index contributed by atoms with van der Waals surface area (Å²) in [5.41, 5.74) is 5.28. The van der Waals surface area contributed by atoms with Crippen molar-refractivity contribution in [3.63, 3.8) is 0 Å². The van der Waals surface area contributed by atoms with Gasteiger partial charge in [0.15, 0.2) is 0 Å².